The summed E-state index contributed by atoms with van der Waals surface area (Å²) in [7, 11) is 0. The zero-order valence-corrected chi connectivity index (χ0v) is 9.08. The molecule has 0 unspecified atom stereocenters. The molecule has 4 rings (SSSR count). The molecule has 17 heavy (non-hydrogen) atoms. The molecule has 0 atom stereocenters. The van der Waals surface area contributed by atoms with Gasteiger partial charge in [-0.3, -0.25) is 0 Å². The predicted octanol–water partition coefficient (Wildman–Crippen LogP) is 2.33. The molecule has 4 aromatic rings. The van der Waals surface area contributed by atoms with Crippen molar-refractivity contribution in [3.05, 3.63) is 36.1 Å². The maximum Gasteiger partial charge on any atom is 0.223 e. The molecule has 0 bridgehead atoms. The second-order valence-electron chi connectivity index (χ2n) is 4.03. The quantitative estimate of drug-likeness (QED) is 0.460. The van der Waals surface area contributed by atoms with Crippen molar-refractivity contribution in [2.45, 2.75) is 6.92 Å². The number of aromatic nitrogens is 4. The van der Waals surface area contributed by atoms with Crippen LogP contribution in [0, 0.1) is 6.92 Å². The SMILES string of the molecule is Cc1cc2c3ccccc3n3nnnc3c2o1. The second-order valence-corrected chi connectivity index (χ2v) is 4.03. The number of benzene rings is 1. The summed E-state index contributed by atoms with van der Waals surface area (Å²) in [5.74, 6) is 0.862. The Morgan fingerprint density at radius 2 is 2.06 bits per heavy atom. The number of furan rings is 1. The standard InChI is InChI=1S/C12H8N4O/c1-7-6-9-8-4-2-3-5-10(8)16-12(11(9)17-7)13-14-15-16/h2-6H,1H3. The van der Waals surface area contributed by atoms with Crippen molar-refractivity contribution in [2.24, 2.45) is 0 Å². The molecule has 0 saturated heterocycles. The lowest BCUT2D eigenvalue weighted by Gasteiger charge is -2.00. The van der Waals surface area contributed by atoms with Crippen LogP contribution in [-0.4, -0.2) is 20.0 Å². The van der Waals surface area contributed by atoms with Crippen LogP contribution in [0.1, 0.15) is 5.76 Å². The van der Waals surface area contributed by atoms with Crippen molar-refractivity contribution in [1.29, 1.82) is 0 Å². The molecule has 0 spiro atoms. The van der Waals surface area contributed by atoms with Gasteiger partial charge in [0.05, 0.1) is 5.52 Å². The highest BCUT2D eigenvalue weighted by Gasteiger charge is 2.14. The van der Waals surface area contributed by atoms with E-state index in [1.54, 1.807) is 4.52 Å². The minimum absolute atomic E-state index is 0.659. The van der Waals surface area contributed by atoms with Crippen LogP contribution in [0.5, 0.6) is 0 Å². The Hall–Kier alpha value is -2.43. The monoisotopic (exact) mass is 224 g/mol. The Bertz CT molecular complexity index is 859. The second kappa shape index (κ2) is 2.82. The zero-order chi connectivity index (χ0) is 11.4. The average Bonchev–Trinajstić information content (AvgIpc) is 2.94. The third-order valence-corrected chi connectivity index (χ3v) is 2.95. The number of hydrogen-bond acceptors (Lipinski definition) is 4. The van der Waals surface area contributed by atoms with Gasteiger partial charge >= 0.3 is 0 Å². The molecule has 0 amide bonds. The Morgan fingerprint density at radius 3 is 3.00 bits per heavy atom. The van der Waals surface area contributed by atoms with E-state index in [1.165, 1.54) is 0 Å². The summed E-state index contributed by atoms with van der Waals surface area (Å²) in [4.78, 5) is 0. The summed E-state index contributed by atoms with van der Waals surface area (Å²) in [6.45, 7) is 1.93. The third-order valence-electron chi connectivity index (χ3n) is 2.95. The minimum Gasteiger partial charge on any atom is -0.457 e. The maximum atomic E-state index is 5.68. The first-order valence-corrected chi connectivity index (χ1v) is 5.33. The van der Waals surface area contributed by atoms with Gasteiger partial charge < -0.3 is 4.42 Å². The summed E-state index contributed by atoms with van der Waals surface area (Å²) >= 11 is 0. The molecule has 3 heterocycles. The highest BCUT2D eigenvalue weighted by molar-refractivity contribution is 6.09. The molecule has 1 aromatic carbocycles. The van der Waals surface area contributed by atoms with E-state index in [9.17, 15) is 0 Å². The number of pyridine rings is 1. The fourth-order valence-electron chi connectivity index (χ4n) is 2.26. The van der Waals surface area contributed by atoms with Gasteiger partial charge in [-0.1, -0.05) is 18.2 Å². The maximum absolute atomic E-state index is 5.68. The molecular weight excluding hydrogens is 216 g/mol. The molecule has 0 fully saturated rings. The first kappa shape index (κ1) is 8.69. The molecule has 0 saturated carbocycles. The average molecular weight is 224 g/mol. The molecule has 82 valence electrons. The van der Waals surface area contributed by atoms with E-state index < -0.39 is 0 Å². The lowest BCUT2D eigenvalue weighted by molar-refractivity contribution is 0.579. The summed E-state index contributed by atoms with van der Waals surface area (Å²) in [5.41, 5.74) is 2.39. The van der Waals surface area contributed by atoms with Gasteiger partial charge in [0.1, 0.15) is 5.76 Å². The number of nitrogens with zero attached hydrogens (tertiary/aromatic N) is 4. The Balaban J connectivity index is 2.47. The van der Waals surface area contributed by atoms with Crippen LogP contribution in [0.4, 0.5) is 0 Å². The van der Waals surface area contributed by atoms with Crippen LogP contribution >= 0.6 is 0 Å². The number of rotatable bonds is 0. The van der Waals surface area contributed by atoms with Gasteiger partial charge in [0, 0.05) is 10.8 Å². The third kappa shape index (κ3) is 1.00. The fourth-order valence-corrected chi connectivity index (χ4v) is 2.26. The normalized spacial score (nSPS) is 11.8. The fraction of sp³-hybridized carbons (Fsp3) is 0.0833. The Morgan fingerprint density at radius 1 is 1.18 bits per heavy atom. The number of tetrazole rings is 1. The topological polar surface area (TPSA) is 56.2 Å². The zero-order valence-electron chi connectivity index (χ0n) is 9.08. The first-order valence-electron chi connectivity index (χ1n) is 5.33. The highest BCUT2D eigenvalue weighted by Crippen LogP contribution is 2.29. The van der Waals surface area contributed by atoms with Crippen LogP contribution in [-0.2, 0) is 0 Å². The molecule has 5 nitrogen and oxygen atoms in total. The molecule has 0 radical (unpaired) electrons. The van der Waals surface area contributed by atoms with Crippen molar-refractivity contribution in [1.82, 2.24) is 20.0 Å². The summed E-state index contributed by atoms with van der Waals surface area (Å²) < 4.78 is 7.39. The molecule has 5 heteroatoms. The Kier molecular flexibility index (Phi) is 1.44. The van der Waals surface area contributed by atoms with E-state index in [-0.39, 0.29) is 0 Å². The van der Waals surface area contributed by atoms with Crippen LogP contribution in [0.25, 0.3) is 27.5 Å². The molecule has 0 N–H and O–H groups in total. The molecular formula is C12H8N4O. The molecule has 3 aromatic heterocycles. The van der Waals surface area contributed by atoms with Crippen LogP contribution in [0.15, 0.2) is 34.7 Å². The summed E-state index contributed by atoms with van der Waals surface area (Å²) in [6.07, 6.45) is 0. The van der Waals surface area contributed by atoms with Gasteiger partial charge in [0.2, 0.25) is 5.65 Å². The van der Waals surface area contributed by atoms with E-state index in [0.717, 1.165) is 27.6 Å². The van der Waals surface area contributed by atoms with E-state index in [0.29, 0.717) is 5.65 Å². The van der Waals surface area contributed by atoms with Gasteiger partial charge in [-0.2, -0.15) is 4.52 Å². The van der Waals surface area contributed by atoms with E-state index in [4.69, 9.17) is 4.42 Å². The van der Waals surface area contributed by atoms with Crippen molar-refractivity contribution in [3.63, 3.8) is 0 Å². The number of fused-ring (bicyclic) bond motifs is 6. The molecule has 0 aliphatic heterocycles. The van der Waals surface area contributed by atoms with Gasteiger partial charge in [-0.05, 0) is 29.5 Å². The largest absolute Gasteiger partial charge is 0.457 e. The molecule has 0 aliphatic rings. The van der Waals surface area contributed by atoms with E-state index >= 15 is 0 Å². The lowest BCUT2D eigenvalue weighted by atomic mass is 10.1. The molecule has 0 aliphatic carbocycles. The first-order chi connectivity index (χ1) is 8.34. The van der Waals surface area contributed by atoms with E-state index in [2.05, 4.69) is 15.5 Å². The van der Waals surface area contributed by atoms with Crippen LogP contribution < -0.4 is 0 Å². The summed E-state index contributed by atoms with van der Waals surface area (Å²) in [5, 5.41) is 13.9. The van der Waals surface area contributed by atoms with Crippen molar-refractivity contribution < 1.29 is 4.42 Å². The van der Waals surface area contributed by atoms with Gasteiger partial charge in [0.25, 0.3) is 0 Å². The van der Waals surface area contributed by atoms with Crippen LogP contribution in [0.3, 0.4) is 0 Å². The summed E-state index contributed by atoms with van der Waals surface area (Å²) in [6, 6.07) is 10.0. The number of aryl methyl sites for hydroxylation is 1. The minimum atomic E-state index is 0.659. The van der Waals surface area contributed by atoms with Gasteiger partial charge in [-0.25, -0.2) is 0 Å². The van der Waals surface area contributed by atoms with Crippen molar-refractivity contribution >= 4 is 27.5 Å². The van der Waals surface area contributed by atoms with E-state index in [1.807, 2.05) is 37.3 Å². The Labute approximate surface area is 95.6 Å². The van der Waals surface area contributed by atoms with Crippen LogP contribution in [0.2, 0.25) is 0 Å². The lowest BCUT2D eigenvalue weighted by Crippen LogP contribution is -1.91. The highest BCUT2D eigenvalue weighted by atomic mass is 16.3. The number of hydrogen-bond donors (Lipinski definition) is 0. The number of para-hydroxylation sites is 1. The predicted molar refractivity (Wildman–Crippen MR) is 62.8 cm³/mol. The van der Waals surface area contributed by atoms with Gasteiger partial charge in [-0.15, -0.1) is 5.10 Å². The smallest absolute Gasteiger partial charge is 0.223 e. The van der Waals surface area contributed by atoms with Crippen molar-refractivity contribution in [2.75, 3.05) is 0 Å². The van der Waals surface area contributed by atoms with Crippen molar-refractivity contribution in [3.8, 4) is 0 Å². The van der Waals surface area contributed by atoms with Gasteiger partial charge in [0.15, 0.2) is 5.58 Å².